The van der Waals surface area contributed by atoms with Gasteiger partial charge in [0.15, 0.2) is 0 Å². The Morgan fingerprint density at radius 3 is 2.59 bits per heavy atom. The largest absolute Gasteiger partial charge is 0.393 e. The van der Waals surface area contributed by atoms with Crippen LogP contribution in [0.2, 0.25) is 0 Å². The molecule has 0 amide bonds. The van der Waals surface area contributed by atoms with E-state index in [9.17, 15) is 13.5 Å². The lowest BCUT2D eigenvalue weighted by atomic mass is 10.1. The number of hydrogen-bond donors (Lipinski definition) is 4. The van der Waals surface area contributed by atoms with Gasteiger partial charge in [0, 0.05) is 43.3 Å². The summed E-state index contributed by atoms with van der Waals surface area (Å²) in [6, 6.07) is 10.7. The summed E-state index contributed by atoms with van der Waals surface area (Å²) in [7, 11) is -1.77. The average Bonchev–Trinajstić information content (AvgIpc) is 3.30. The second kappa shape index (κ2) is 11.3. The maximum atomic E-state index is 12.3. The first kappa shape index (κ1) is 24.7. The van der Waals surface area contributed by atoms with Crippen molar-refractivity contribution in [3.63, 3.8) is 0 Å². The van der Waals surface area contributed by atoms with E-state index in [0.29, 0.717) is 18.9 Å². The summed E-state index contributed by atoms with van der Waals surface area (Å²) in [5.41, 5.74) is 1.50. The first-order valence-electron chi connectivity index (χ1n) is 11.3. The molecule has 1 aromatic carbocycles. The van der Waals surface area contributed by atoms with Crippen LogP contribution < -0.4 is 15.4 Å². The molecule has 9 nitrogen and oxygen atoms in total. The molecule has 0 unspecified atom stereocenters. The van der Waals surface area contributed by atoms with Crippen LogP contribution in [0.4, 0.5) is 11.5 Å². The van der Waals surface area contributed by atoms with Crippen LogP contribution in [-0.4, -0.2) is 67.7 Å². The summed E-state index contributed by atoms with van der Waals surface area (Å²) in [5.74, 6) is 0.584. The minimum atomic E-state index is -3.54. The van der Waals surface area contributed by atoms with Gasteiger partial charge in [-0.05, 0) is 56.3 Å². The highest BCUT2D eigenvalue weighted by Crippen LogP contribution is 2.29. The van der Waals surface area contributed by atoms with Crippen molar-refractivity contribution in [3.8, 4) is 10.6 Å². The first-order valence-corrected chi connectivity index (χ1v) is 13.6. The number of benzene rings is 1. The van der Waals surface area contributed by atoms with E-state index in [4.69, 9.17) is 0 Å². The quantitative estimate of drug-likeness (QED) is 0.312. The number of likely N-dealkylation sites (N-methyl/N-ethyl adjacent to an activating group) is 1. The normalized spacial score (nSPS) is 15.5. The van der Waals surface area contributed by atoms with Crippen molar-refractivity contribution in [2.24, 2.45) is 0 Å². The molecule has 0 atom stereocenters. The Kier molecular flexibility index (Phi) is 8.24. The molecular formula is C23H30N6O3S2. The van der Waals surface area contributed by atoms with Gasteiger partial charge in [-0.15, -0.1) is 11.3 Å². The van der Waals surface area contributed by atoms with Crippen molar-refractivity contribution < 1.29 is 13.5 Å². The van der Waals surface area contributed by atoms with E-state index in [1.165, 1.54) is 4.88 Å². The van der Waals surface area contributed by atoms with Gasteiger partial charge in [-0.2, -0.15) is 0 Å². The van der Waals surface area contributed by atoms with Crippen molar-refractivity contribution in [2.45, 2.75) is 30.4 Å². The van der Waals surface area contributed by atoms with Crippen LogP contribution in [0.5, 0.6) is 0 Å². The fourth-order valence-electron chi connectivity index (χ4n) is 3.70. The summed E-state index contributed by atoms with van der Waals surface area (Å²) in [6.07, 6.45) is 4.88. The monoisotopic (exact) mass is 502 g/mol. The number of piperidine rings is 1. The topological polar surface area (TPSA) is 119 Å². The highest BCUT2D eigenvalue weighted by molar-refractivity contribution is 7.89. The number of aromatic nitrogens is 2. The number of nitrogens with zero attached hydrogens (tertiary/aromatic N) is 3. The molecule has 0 radical (unpaired) electrons. The van der Waals surface area contributed by atoms with Gasteiger partial charge in [0.2, 0.25) is 10.0 Å². The summed E-state index contributed by atoms with van der Waals surface area (Å²) in [5, 5.41) is 15.8. The molecule has 1 aliphatic heterocycles. The van der Waals surface area contributed by atoms with Crippen LogP contribution >= 0.6 is 11.3 Å². The Morgan fingerprint density at radius 1 is 1.09 bits per heavy atom. The molecule has 2 aromatic heterocycles. The zero-order valence-electron chi connectivity index (χ0n) is 19.1. The number of aliphatic hydroxyl groups excluding tert-OH is 1. The molecular weight excluding hydrogens is 472 g/mol. The van der Waals surface area contributed by atoms with Gasteiger partial charge in [0.1, 0.15) is 11.5 Å². The predicted molar refractivity (Wildman–Crippen MR) is 135 cm³/mol. The van der Waals surface area contributed by atoms with E-state index in [1.54, 1.807) is 55.0 Å². The summed E-state index contributed by atoms with van der Waals surface area (Å²) in [6.45, 7) is 3.59. The molecule has 0 spiro atoms. The lowest BCUT2D eigenvalue weighted by molar-refractivity contribution is 0.0797. The van der Waals surface area contributed by atoms with Crippen molar-refractivity contribution in [1.29, 1.82) is 0 Å². The number of hydrogen-bond acceptors (Lipinski definition) is 9. The number of anilines is 2. The van der Waals surface area contributed by atoms with Crippen LogP contribution in [-0.2, 0) is 16.6 Å². The Bertz CT molecular complexity index is 1180. The van der Waals surface area contributed by atoms with Crippen molar-refractivity contribution in [2.75, 3.05) is 38.5 Å². The lowest BCUT2D eigenvalue weighted by Crippen LogP contribution is -2.35. The number of rotatable bonds is 10. The van der Waals surface area contributed by atoms with Crippen LogP contribution in [0, 0.1) is 0 Å². The number of nitrogens with one attached hydrogen (secondary N) is 3. The fourth-order valence-corrected chi connectivity index (χ4v) is 5.74. The Hall–Kier alpha value is -2.41. The fraction of sp³-hybridized carbons (Fsp3) is 0.391. The minimum absolute atomic E-state index is 0.165. The van der Waals surface area contributed by atoms with Gasteiger partial charge >= 0.3 is 0 Å². The summed E-state index contributed by atoms with van der Waals surface area (Å²) in [4.78, 5) is 13.9. The highest BCUT2D eigenvalue weighted by atomic mass is 32.2. The van der Waals surface area contributed by atoms with Crippen molar-refractivity contribution >= 4 is 32.9 Å². The van der Waals surface area contributed by atoms with E-state index in [1.807, 2.05) is 0 Å². The third kappa shape index (κ3) is 6.59. The summed E-state index contributed by atoms with van der Waals surface area (Å²) < 4.78 is 27.2. The average molecular weight is 503 g/mol. The van der Waals surface area contributed by atoms with Crippen molar-refractivity contribution in [1.82, 2.24) is 24.9 Å². The van der Waals surface area contributed by atoms with Gasteiger partial charge in [0.05, 0.1) is 28.3 Å². The number of aliphatic hydroxyl groups is 1. The second-order valence-corrected chi connectivity index (χ2v) is 11.1. The van der Waals surface area contributed by atoms with Gasteiger partial charge in [0.25, 0.3) is 0 Å². The van der Waals surface area contributed by atoms with Gasteiger partial charge < -0.3 is 15.7 Å². The molecule has 0 saturated carbocycles. The molecule has 3 heterocycles. The SMILES string of the molecule is CNCCNS(=O)(=O)c1ccc(Nc2cncc(-c3ccc(CN4CCC(O)CC4)s3)n2)cc1. The van der Waals surface area contributed by atoms with Gasteiger partial charge in [-0.1, -0.05) is 0 Å². The van der Waals surface area contributed by atoms with E-state index in [2.05, 4.69) is 42.4 Å². The molecule has 4 N–H and O–H groups in total. The molecule has 3 aromatic rings. The Labute approximate surface area is 204 Å². The highest BCUT2D eigenvalue weighted by Gasteiger charge is 2.18. The van der Waals surface area contributed by atoms with Gasteiger partial charge in [-0.3, -0.25) is 9.88 Å². The van der Waals surface area contributed by atoms with Crippen LogP contribution in [0.3, 0.4) is 0 Å². The second-order valence-electron chi connectivity index (χ2n) is 8.21. The zero-order chi connectivity index (χ0) is 24.0. The van der Waals surface area contributed by atoms with Crippen LogP contribution in [0.15, 0.2) is 53.7 Å². The Morgan fingerprint density at radius 2 is 1.85 bits per heavy atom. The molecule has 182 valence electrons. The number of thiophene rings is 1. The lowest BCUT2D eigenvalue weighted by Gasteiger charge is -2.28. The zero-order valence-corrected chi connectivity index (χ0v) is 20.7. The molecule has 1 saturated heterocycles. The molecule has 1 fully saturated rings. The maximum Gasteiger partial charge on any atom is 0.240 e. The Balaban J connectivity index is 1.39. The molecule has 0 aliphatic carbocycles. The standard InChI is InChI=1S/C23H30N6O3S2/c1-24-10-11-26-34(31,32)20-5-2-17(3-6-20)27-23-15-25-14-21(28-23)22-7-4-19(33-22)16-29-12-8-18(30)9-13-29/h2-7,14-15,18,24,26,30H,8-13,16H2,1H3,(H,27,28). The molecule has 4 rings (SSSR count). The van der Waals surface area contributed by atoms with E-state index < -0.39 is 10.0 Å². The van der Waals surface area contributed by atoms with E-state index in [0.717, 1.165) is 48.7 Å². The molecule has 1 aliphatic rings. The molecule has 34 heavy (non-hydrogen) atoms. The van der Waals surface area contributed by atoms with E-state index >= 15 is 0 Å². The first-order chi connectivity index (χ1) is 16.4. The third-order valence-corrected chi connectivity index (χ3v) is 8.16. The maximum absolute atomic E-state index is 12.3. The van der Waals surface area contributed by atoms with Crippen LogP contribution in [0.25, 0.3) is 10.6 Å². The molecule has 0 bridgehead atoms. The van der Waals surface area contributed by atoms with Crippen molar-refractivity contribution in [3.05, 3.63) is 53.7 Å². The number of sulfonamides is 1. The third-order valence-electron chi connectivity index (χ3n) is 5.59. The van der Waals surface area contributed by atoms with Gasteiger partial charge in [-0.25, -0.2) is 18.1 Å². The summed E-state index contributed by atoms with van der Waals surface area (Å²) >= 11 is 1.70. The minimum Gasteiger partial charge on any atom is -0.393 e. The predicted octanol–water partition coefficient (Wildman–Crippen LogP) is 2.40. The smallest absolute Gasteiger partial charge is 0.240 e. The number of likely N-dealkylation sites (tertiary alicyclic amines) is 1. The van der Waals surface area contributed by atoms with Crippen LogP contribution in [0.1, 0.15) is 17.7 Å². The molecule has 11 heteroatoms. The van der Waals surface area contributed by atoms with E-state index in [-0.39, 0.29) is 11.0 Å².